The predicted molar refractivity (Wildman–Crippen MR) is 89.8 cm³/mol. The maximum Gasteiger partial charge on any atom is 0.267 e. The lowest BCUT2D eigenvalue weighted by atomic mass is 10.2. The number of aromatic amines is 1. The Bertz CT molecular complexity index is 1040. The van der Waals surface area contributed by atoms with Gasteiger partial charge in [-0.25, -0.2) is 17.4 Å². The van der Waals surface area contributed by atoms with Gasteiger partial charge in [0.05, 0.1) is 4.90 Å². The average Bonchev–Trinajstić information content (AvgIpc) is 3.27. The predicted octanol–water partition coefficient (Wildman–Crippen LogP) is 2.28. The Kier molecular flexibility index (Phi) is 4.43. The number of allylic oxidation sites excluding steroid dienone is 1. The molecule has 0 bridgehead atoms. The number of benzene rings is 1. The Hall–Kier alpha value is -2.91. The van der Waals surface area contributed by atoms with Gasteiger partial charge >= 0.3 is 0 Å². The third kappa shape index (κ3) is 3.47. The molecule has 0 amide bonds. The summed E-state index contributed by atoms with van der Waals surface area (Å²) in [6.45, 7) is 0. The van der Waals surface area contributed by atoms with Crippen LogP contribution >= 0.6 is 11.6 Å². The van der Waals surface area contributed by atoms with Crippen molar-refractivity contribution in [1.29, 1.82) is 0 Å². The van der Waals surface area contributed by atoms with Crippen LogP contribution in [0.1, 0.15) is 16.2 Å². The Morgan fingerprint density at radius 3 is 2.60 bits per heavy atom. The fourth-order valence-corrected chi connectivity index (χ4v) is 3.33. The Labute approximate surface area is 147 Å². The lowest BCUT2D eigenvalue weighted by molar-refractivity contribution is 0.104. The molecule has 2 heterocycles. The van der Waals surface area contributed by atoms with E-state index >= 15 is 0 Å². The molecule has 0 spiro atoms. The zero-order chi connectivity index (χ0) is 18.0. The number of ketones is 1. The van der Waals surface area contributed by atoms with E-state index in [1.165, 1.54) is 42.9 Å². The van der Waals surface area contributed by atoms with Gasteiger partial charge in [0.1, 0.15) is 6.33 Å². The van der Waals surface area contributed by atoms with Crippen molar-refractivity contribution in [3.63, 3.8) is 0 Å². The molecule has 0 aliphatic rings. The summed E-state index contributed by atoms with van der Waals surface area (Å²) in [5, 5.41) is 16.2. The molecule has 2 N–H and O–H groups in total. The van der Waals surface area contributed by atoms with Crippen LogP contribution in [0.2, 0.25) is 5.02 Å². The van der Waals surface area contributed by atoms with Crippen LogP contribution in [-0.4, -0.2) is 38.5 Å². The number of carbonyl (C=O) groups excluding carboxylic acids is 1. The van der Waals surface area contributed by atoms with Crippen molar-refractivity contribution in [2.24, 2.45) is 0 Å². The first kappa shape index (κ1) is 16.9. The molecular formula is C15H11ClN4O4S. The van der Waals surface area contributed by atoms with Gasteiger partial charge in [-0.2, -0.15) is 5.10 Å². The summed E-state index contributed by atoms with van der Waals surface area (Å²) in [5.74, 6) is -1.06. The summed E-state index contributed by atoms with van der Waals surface area (Å²) in [6.07, 6.45) is 4.57. The van der Waals surface area contributed by atoms with E-state index in [2.05, 4.69) is 15.2 Å². The second-order valence-electron chi connectivity index (χ2n) is 4.91. The van der Waals surface area contributed by atoms with Crippen LogP contribution in [0.5, 0.6) is 0 Å². The first-order valence-electron chi connectivity index (χ1n) is 6.88. The molecule has 128 valence electrons. The van der Waals surface area contributed by atoms with Crippen molar-refractivity contribution in [2.75, 3.05) is 0 Å². The summed E-state index contributed by atoms with van der Waals surface area (Å²) in [5.41, 5.74) is 0.0830. The maximum atomic E-state index is 12.5. The highest BCUT2D eigenvalue weighted by Gasteiger charge is 2.18. The van der Waals surface area contributed by atoms with Crippen LogP contribution in [0.25, 0.3) is 5.76 Å². The smallest absolute Gasteiger partial charge is 0.267 e. The van der Waals surface area contributed by atoms with Crippen LogP contribution in [0.3, 0.4) is 0 Å². The number of aliphatic hydroxyl groups is 1. The minimum Gasteiger partial charge on any atom is -0.504 e. The van der Waals surface area contributed by atoms with E-state index in [1.54, 1.807) is 0 Å². The summed E-state index contributed by atoms with van der Waals surface area (Å²) in [7, 11) is -3.85. The maximum absolute atomic E-state index is 12.5. The fourth-order valence-electron chi connectivity index (χ4n) is 2.00. The van der Waals surface area contributed by atoms with Crippen molar-refractivity contribution in [3.05, 3.63) is 71.5 Å². The summed E-state index contributed by atoms with van der Waals surface area (Å²) in [6, 6.07) is 6.99. The molecule has 8 nitrogen and oxygen atoms in total. The molecule has 0 fully saturated rings. The monoisotopic (exact) mass is 378 g/mol. The van der Waals surface area contributed by atoms with E-state index in [0.717, 1.165) is 16.2 Å². The first-order valence-corrected chi connectivity index (χ1v) is 8.70. The van der Waals surface area contributed by atoms with Gasteiger partial charge in [0, 0.05) is 29.1 Å². The first-order chi connectivity index (χ1) is 11.9. The van der Waals surface area contributed by atoms with Crippen molar-refractivity contribution < 1.29 is 18.3 Å². The zero-order valence-electron chi connectivity index (χ0n) is 12.5. The standard InChI is InChI=1S/C15H11ClN4O4S/c16-11-1-3-12(4-2-11)25(23,24)20-6-5-10(8-20)13(21)7-14(22)15-17-9-18-19-15/h1-9,22H,(H,17,18,19). The molecule has 0 saturated heterocycles. The molecule has 1 aromatic carbocycles. The lowest BCUT2D eigenvalue weighted by Gasteiger charge is -2.05. The van der Waals surface area contributed by atoms with Crippen molar-refractivity contribution in [2.45, 2.75) is 4.90 Å². The molecule has 0 saturated carbocycles. The van der Waals surface area contributed by atoms with Crippen molar-refractivity contribution in [1.82, 2.24) is 19.2 Å². The fraction of sp³-hybridized carbons (Fsp3) is 0. The molecule has 3 aromatic rings. The number of rotatable bonds is 5. The largest absolute Gasteiger partial charge is 0.504 e. The highest BCUT2D eigenvalue weighted by atomic mass is 35.5. The zero-order valence-corrected chi connectivity index (χ0v) is 14.1. The van der Waals surface area contributed by atoms with Crippen LogP contribution < -0.4 is 0 Å². The number of halogens is 1. The summed E-state index contributed by atoms with van der Waals surface area (Å²) < 4.78 is 25.9. The SMILES string of the molecule is O=C(C=C(O)c1nc[nH]n1)c1ccn(S(=O)(=O)c2ccc(Cl)cc2)c1. The van der Waals surface area contributed by atoms with E-state index < -0.39 is 21.6 Å². The second-order valence-corrected chi connectivity index (χ2v) is 7.19. The number of H-pyrrole nitrogens is 1. The van der Waals surface area contributed by atoms with Gasteiger partial charge in [0.25, 0.3) is 10.0 Å². The normalized spacial score (nSPS) is 12.3. The van der Waals surface area contributed by atoms with Crippen molar-refractivity contribution in [3.8, 4) is 0 Å². The van der Waals surface area contributed by atoms with Crippen LogP contribution in [-0.2, 0) is 10.0 Å². The topological polar surface area (TPSA) is 118 Å². The van der Waals surface area contributed by atoms with Crippen LogP contribution in [0.4, 0.5) is 0 Å². The summed E-state index contributed by atoms with van der Waals surface area (Å²) in [4.78, 5) is 15.9. The minimum absolute atomic E-state index is 0.0330. The number of carbonyl (C=O) groups is 1. The van der Waals surface area contributed by atoms with Gasteiger partial charge in [-0.15, -0.1) is 0 Å². The molecule has 3 rings (SSSR count). The second kappa shape index (κ2) is 6.54. The number of hydrogen-bond acceptors (Lipinski definition) is 6. The highest BCUT2D eigenvalue weighted by Crippen LogP contribution is 2.18. The Balaban J connectivity index is 1.88. The van der Waals surface area contributed by atoms with Crippen molar-refractivity contribution >= 4 is 33.2 Å². The van der Waals surface area contributed by atoms with E-state index in [9.17, 15) is 18.3 Å². The van der Waals surface area contributed by atoms with Gasteiger partial charge in [-0.1, -0.05) is 11.6 Å². The van der Waals surface area contributed by atoms with E-state index in [-0.39, 0.29) is 16.3 Å². The van der Waals surface area contributed by atoms with Gasteiger partial charge in [-0.3, -0.25) is 9.89 Å². The van der Waals surface area contributed by atoms with Gasteiger partial charge in [0.2, 0.25) is 5.82 Å². The third-order valence-electron chi connectivity index (χ3n) is 3.25. The van der Waals surface area contributed by atoms with E-state index in [0.29, 0.717) is 5.02 Å². The molecule has 10 heteroatoms. The highest BCUT2D eigenvalue weighted by molar-refractivity contribution is 7.90. The average molecular weight is 379 g/mol. The number of nitrogens with zero attached hydrogens (tertiary/aromatic N) is 3. The molecule has 0 atom stereocenters. The van der Waals surface area contributed by atoms with Crippen LogP contribution in [0.15, 0.2) is 60.0 Å². The number of nitrogens with one attached hydrogen (secondary N) is 1. The number of hydrogen-bond donors (Lipinski definition) is 2. The summed E-state index contributed by atoms with van der Waals surface area (Å²) >= 11 is 5.76. The third-order valence-corrected chi connectivity index (χ3v) is 5.15. The molecular weight excluding hydrogens is 368 g/mol. The lowest BCUT2D eigenvalue weighted by Crippen LogP contribution is -2.11. The van der Waals surface area contributed by atoms with Gasteiger partial charge < -0.3 is 5.11 Å². The Morgan fingerprint density at radius 2 is 1.96 bits per heavy atom. The number of aromatic nitrogens is 4. The molecule has 25 heavy (non-hydrogen) atoms. The molecule has 0 radical (unpaired) electrons. The molecule has 2 aromatic heterocycles. The molecule has 0 aliphatic carbocycles. The van der Waals surface area contributed by atoms with Gasteiger partial charge in [-0.05, 0) is 30.3 Å². The molecule has 0 aliphatic heterocycles. The van der Waals surface area contributed by atoms with E-state index in [1.807, 2.05) is 0 Å². The number of aliphatic hydroxyl groups excluding tert-OH is 1. The molecule has 0 unspecified atom stereocenters. The van der Waals surface area contributed by atoms with E-state index in [4.69, 9.17) is 11.6 Å². The quantitative estimate of drug-likeness (QED) is 0.399. The van der Waals surface area contributed by atoms with Gasteiger partial charge in [0.15, 0.2) is 11.5 Å². The minimum atomic E-state index is -3.85. The Morgan fingerprint density at radius 1 is 1.24 bits per heavy atom. The van der Waals surface area contributed by atoms with Crippen LogP contribution in [0, 0.1) is 0 Å².